The van der Waals surface area contributed by atoms with Gasteiger partial charge in [-0.1, -0.05) is 12.1 Å². The molecule has 0 aliphatic carbocycles. The quantitative estimate of drug-likeness (QED) is 0.410. The summed E-state index contributed by atoms with van der Waals surface area (Å²) < 4.78 is 5.83. The Labute approximate surface area is 163 Å². The molecule has 0 saturated carbocycles. The standard InChI is InChI=1S/C23H21NO4/c1-24-22(14-15-25)16-4-10-20(11-5-16)28-21-12-6-18(7-13-21)23(27)17-2-8-19(26)9-3-17/h2-15,22,24-26H,1H3/b15-14-. The first-order valence-corrected chi connectivity index (χ1v) is 8.80. The second-order valence-electron chi connectivity index (χ2n) is 6.18. The van der Waals surface area contributed by atoms with E-state index in [4.69, 9.17) is 9.84 Å². The van der Waals surface area contributed by atoms with Crippen molar-refractivity contribution in [2.75, 3.05) is 7.05 Å². The van der Waals surface area contributed by atoms with Crippen LogP contribution in [0.4, 0.5) is 0 Å². The smallest absolute Gasteiger partial charge is 0.193 e. The maximum Gasteiger partial charge on any atom is 0.193 e. The molecule has 0 saturated heterocycles. The molecule has 1 unspecified atom stereocenters. The summed E-state index contributed by atoms with van der Waals surface area (Å²) in [4.78, 5) is 12.5. The number of aliphatic hydroxyl groups is 1. The maximum absolute atomic E-state index is 12.5. The highest BCUT2D eigenvalue weighted by Gasteiger charge is 2.10. The Morgan fingerprint density at radius 2 is 1.39 bits per heavy atom. The molecule has 3 aromatic carbocycles. The lowest BCUT2D eigenvalue weighted by atomic mass is 10.0. The number of rotatable bonds is 7. The van der Waals surface area contributed by atoms with E-state index in [2.05, 4.69) is 5.32 Å². The highest BCUT2D eigenvalue weighted by Crippen LogP contribution is 2.25. The van der Waals surface area contributed by atoms with Crippen LogP contribution >= 0.6 is 0 Å². The van der Waals surface area contributed by atoms with Crippen LogP contribution in [0.5, 0.6) is 17.2 Å². The van der Waals surface area contributed by atoms with Gasteiger partial charge >= 0.3 is 0 Å². The summed E-state index contributed by atoms with van der Waals surface area (Å²) in [5.74, 6) is 1.30. The minimum Gasteiger partial charge on any atom is -0.516 e. The number of ether oxygens (including phenoxy) is 1. The lowest BCUT2D eigenvalue weighted by Gasteiger charge is -2.13. The van der Waals surface area contributed by atoms with Gasteiger partial charge in [0.1, 0.15) is 17.2 Å². The van der Waals surface area contributed by atoms with Crippen LogP contribution in [0.15, 0.2) is 85.1 Å². The first kappa shape index (κ1) is 19.2. The minimum absolute atomic E-state index is 0.0794. The predicted molar refractivity (Wildman–Crippen MR) is 108 cm³/mol. The molecule has 0 bridgehead atoms. The second kappa shape index (κ2) is 8.88. The van der Waals surface area contributed by atoms with Gasteiger partial charge in [0, 0.05) is 11.1 Å². The Bertz CT molecular complexity index is 945. The van der Waals surface area contributed by atoms with Crippen molar-refractivity contribution in [2.45, 2.75) is 6.04 Å². The number of carbonyl (C=O) groups excluding carboxylic acids is 1. The average Bonchev–Trinajstić information content (AvgIpc) is 2.73. The lowest BCUT2D eigenvalue weighted by Crippen LogP contribution is -2.13. The summed E-state index contributed by atoms with van der Waals surface area (Å²) in [6, 6.07) is 20.5. The van der Waals surface area contributed by atoms with Crippen molar-refractivity contribution in [1.82, 2.24) is 5.32 Å². The number of hydrogen-bond donors (Lipinski definition) is 3. The molecule has 0 fully saturated rings. The fraction of sp³-hybridized carbons (Fsp3) is 0.0870. The summed E-state index contributed by atoms with van der Waals surface area (Å²) in [5, 5.41) is 21.4. The zero-order chi connectivity index (χ0) is 19.9. The summed E-state index contributed by atoms with van der Waals surface area (Å²) >= 11 is 0. The molecule has 0 aromatic heterocycles. The molecule has 0 heterocycles. The van der Waals surface area contributed by atoms with Gasteiger partial charge in [0.25, 0.3) is 0 Å². The van der Waals surface area contributed by atoms with E-state index in [1.54, 1.807) is 42.5 Å². The van der Waals surface area contributed by atoms with Gasteiger partial charge < -0.3 is 20.3 Å². The molecule has 0 aliphatic rings. The van der Waals surface area contributed by atoms with E-state index in [9.17, 15) is 9.90 Å². The Kier molecular flexibility index (Phi) is 6.09. The van der Waals surface area contributed by atoms with Crippen LogP contribution < -0.4 is 10.1 Å². The normalized spacial score (nSPS) is 12.0. The summed E-state index contributed by atoms with van der Waals surface area (Å²) in [6.07, 6.45) is 2.67. The monoisotopic (exact) mass is 375 g/mol. The molecular formula is C23H21NO4. The molecule has 28 heavy (non-hydrogen) atoms. The van der Waals surface area contributed by atoms with Gasteiger partial charge in [-0.2, -0.15) is 0 Å². The zero-order valence-corrected chi connectivity index (χ0v) is 15.4. The second-order valence-corrected chi connectivity index (χ2v) is 6.18. The van der Waals surface area contributed by atoms with Gasteiger partial charge in [-0.15, -0.1) is 0 Å². The van der Waals surface area contributed by atoms with E-state index in [1.807, 2.05) is 31.3 Å². The fourth-order valence-corrected chi connectivity index (χ4v) is 2.79. The number of nitrogens with one attached hydrogen (secondary N) is 1. The number of ketones is 1. The first-order valence-electron chi connectivity index (χ1n) is 8.80. The molecule has 142 valence electrons. The number of phenolic OH excluding ortho intramolecular Hbond substituents is 1. The number of phenols is 1. The summed E-state index contributed by atoms with van der Waals surface area (Å²) in [5.41, 5.74) is 2.05. The topological polar surface area (TPSA) is 78.8 Å². The number of aliphatic hydroxyl groups excluding tert-OH is 1. The minimum atomic E-state index is -0.119. The number of carbonyl (C=O) groups is 1. The molecule has 1 atom stereocenters. The zero-order valence-electron chi connectivity index (χ0n) is 15.4. The molecule has 0 aliphatic heterocycles. The molecule has 3 N–H and O–H groups in total. The average molecular weight is 375 g/mol. The van der Waals surface area contributed by atoms with Gasteiger partial charge in [-0.25, -0.2) is 0 Å². The summed E-state index contributed by atoms with van der Waals surface area (Å²) in [7, 11) is 1.82. The van der Waals surface area contributed by atoms with Crippen LogP contribution in [0.2, 0.25) is 0 Å². The van der Waals surface area contributed by atoms with Crippen molar-refractivity contribution in [3.05, 3.63) is 102 Å². The Balaban J connectivity index is 1.68. The van der Waals surface area contributed by atoms with E-state index >= 15 is 0 Å². The van der Waals surface area contributed by atoms with Crippen LogP contribution in [-0.4, -0.2) is 23.0 Å². The third kappa shape index (κ3) is 4.58. The number of likely N-dealkylation sites (N-methyl/N-ethyl adjacent to an activating group) is 1. The van der Waals surface area contributed by atoms with E-state index in [1.165, 1.54) is 12.1 Å². The molecule has 5 nitrogen and oxygen atoms in total. The van der Waals surface area contributed by atoms with Crippen molar-refractivity contribution >= 4 is 5.78 Å². The van der Waals surface area contributed by atoms with E-state index in [0.717, 1.165) is 11.8 Å². The van der Waals surface area contributed by atoms with Gasteiger partial charge in [-0.05, 0) is 79.4 Å². The molecular weight excluding hydrogens is 354 g/mol. The van der Waals surface area contributed by atoms with Crippen LogP contribution in [0.25, 0.3) is 0 Å². The molecule has 0 radical (unpaired) electrons. The van der Waals surface area contributed by atoms with Crippen LogP contribution in [-0.2, 0) is 0 Å². The highest BCUT2D eigenvalue weighted by molar-refractivity contribution is 6.09. The Morgan fingerprint density at radius 3 is 1.89 bits per heavy atom. The molecule has 3 aromatic rings. The van der Waals surface area contributed by atoms with Gasteiger partial charge in [-0.3, -0.25) is 4.79 Å². The van der Waals surface area contributed by atoms with Gasteiger partial charge in [0.15, 0.2) is 5.78 Å². The van der Waals surface area contributed by atoms with Crippen LogP contribution in [0.1, 0.15) is 27.5 Å². The molecule has 0 amide bonds. The predicted octanol–water partition coefficient (Wildman–Crippen LogP) is 4.75. The third-order valence-electron chi connectivity index (χ3n) is 4.31. The number of benzene rings is 3. The van der Waals surface area contributed by atoms with Crippen molar-refractivity contribution in [1.29, 1.82) is 0 Å². The number of hydrogen-bond acceptors (Lipinski definition) is 5. The van der Waals surface area contributed by atoms with Crippen molar-refractivity contribution < 1.29 is 19.7 Å². The SMILES string of the molecule is CNC(/C=C\O)c1ccc(Oc2ccc(C(=O)c3ccc(O)cc3)cc2)cc1. The van der Waals surface area contributed by atoms with Crippen molar-refractivity contribution in [3.8, 4) is 17.2 Å². The third-order valence-corrected chi connectivity index (χ3v) is 4.31. The van der Waals surface area contributed by atoms with Crippen LogP contribution in [0.3, 0.4) is 0 Å². The summed E-state index contributed by atoms with van der Waals surface area (Å²) in [6.45, 7) is 0. The van der Waals surface area contributed by atoms with Gasteiger partial charge in [0.05, 0.1) is 12.3 Å². The van der Waals surface area contributed by atoms with E-state index in [-0.39, 0.29) is 17.6 Å². The van der Waals surface area contributed by atoms with Crippen molar-refractivity contribution in [2.24, 2.45) is 0 Å². The lowest BCUT2D eigenvalue weighted by molar-refractivity contribution is 0.103. The van der Waals surface area contributed by atoms with E-state index < -0.39 is 0 Å². The molecule has 5 heteroatoms. The fourth-order valence-electron chi connectivity index (χ4n) is 2.79. The Hall–Kier alpha value is -3.57. The Morgan fingerprint density at radius 1 is 0.893 bits per heavy atom. The van der Waals surface area contributed by atoms with Gasteiger partial charge in [0.2, 0.25) is 0 Å². The van der Waals surface area contributed by atoms with Crippen molar-refractivity contribution in [3.63, 3.8) is 0 Å². The number of aromatic hydroxyl groups is 1. The van der Waals surface area contributed by atoms with E-state index in [0.29, 0.717) is 22.6 Å². The largest absolute Gasteiger partial charge is 0.516 e. The van der Waals surface area contributed by atoms with Crippen LogP contribution in [0, 0.1) is 0 Å². The first-order chi connectivity index (χ1) is 13.6. The molecule has 3 rings (SSSR count). The molecule has 0 spiro atoms. The maximum atomic E-state index is 12.5. The highest BCUT2D eigenvalue weighted by atomic mass is 16.5.